The van der Waals surface area contributed by atoms with Gasteiger partial charge in [0.1, 0.15) is 13.6 Å². The molecule has 2 aromatic rings. The largest absolute Gasteiger partial charge is 0.443 e. The molecule has 0 aliphatic heterocycles. The molecular weight excluding hydrogens is 307 g/mol. The van der Waals surface area contributed by atoms with Crippen LogP contribution in [0, 0.1) is 0 Å². The van der Waals surface area contributed by atoms with Gasteiger partial charge in [0.2, 0.25) is 0 Å². The summed E-state index contributed by atoms with van der Waals surface area (Å²) in [5.41, 5.74) is 3.48. The molecule has 6 heteroatoms. The summed E-state index contributed by atoms with van der Waals surface area (Å²) in [7, 11) is 3.16. The normalized spacial score (nSPS) is 10.8. The van der Waals surface area contributed by atoms with Crippen molar-refractivity contribution in [1.29, 1.82) is 0 Å². The van der Waals surface area contributed by atoms with E-state index in [9.17, 15) is 5.02 Å². The van der Waals surface area contributed by atoms with Gasteiger partial charge in [0.15, 0.2) is 0 Å². The Bertz CT molecular complexity index is 566. The van der Waals surface area contributed by atoms with Gasteiger partial charge in [-0.15, -0.1) is 0 Å². The minimum atomic E-state index is -0.755. The maximum Gasteiger partial charge on any atom is 0.359 e. The molecule has 0 fully saturated rings. The van der Waals surface area contributed by atoms with Crippen LogP contribution in [0.5, 0.6) is 0 Å². The van der Waals surface area contributed by atoms with Gasteiger partial charge in [0, 0.05) is 14.2 Å². The van der Waals surface area contributed by atoms with Crippen LogP contribution in [0.4, 0.5) is 0 Å². The van der Waals surface area contributed by atoms with Crippen molar-refractivity contribution in [1.82, 2.24) is 0 Å². The molecular formula is C18H23BO5. The summed E-state index contributed by atoms with van der Waals surface area (Å²) in [6.07, 6.45) is 0. The zero-order chi connectivity index (χ0) is 17.2. The van der Waals surface area contributed by atoms with Gasteiger partial charge in [-0.2, -0.15) is 0 Å². The van der Waals surface area contributed by atoms with E-state index in [1.165, 1.54) is 0 Å². The van der Waals surface area contributed by atoms with Crippen molar-refractivity contribution >= 4 is 17.8 Å². The van der Waals surface area contributed by atoms with Gasteiger partial charge in [-0.1, -0.05) is 48.5 Å². The van der Waals surface area contributed by atoms with Crippen LogP contribution in [0.1, 0.15) is 11.1 Å². The van der Waals surface area contributed by atoms with Crippen LogP contribution in [0.3, 0.4) is 0 Å². The molecule has 1 N–H and O–H groups in total. The first-order valence-electron chi connectivity index (χ1n) is 7.75. The van der Waals surface area contributed by atoms with Gasteiger partial charge >= 0.3 is 6.92 Å². The third kappa shape index (κ3) is 5.16. The van der Waals surface area contributed by atoms with Crippen molar-refractivity contribution in [2.24, 2.45) is 0 Å². The van der Waals surface area contributed by atoms with E-state index in [1.54, 1.807) is 14.2 Å². The molecule has 0 radical (unpaired) electrons. The molecule has 0 bridgehead atoms. The molecule has 2 rings (SSSR count). The lowest BCUT2D eigenvalue weighted by molar-refractivity contribution is -0.0388. The second-order valence-electron chi connectivity index (χ2n) is 5.31. The summed E-state index contributed by atoms with van der Waals surface area (Å²) in [6, 6.07) is 15.4. The Morgan fingerprint density at radius 3 is 1.58 bits per heavy atom. The molecule has 24 heavy (non-hydrogen) atoms. The molecule has 128 valence electrons. The standard InChI is InChI=1S/C18H23BO5/c1-21-13-23-11-15-7-3-5-9-17(15)19(20)18-10-6-4-8-16(18)12-24-14-22-2/h3-10,20H,11-14H2,1-2H3. The monoisotopic (exact) mass is 330 g/mol. The predicted octanol–water partition coefficient (Wildman–Crippen LogP) is 1.03. The van der Waals surface area contributed by atoms with Crippen LogP contribution < -0.4 is 10.9 Å². The summed E-state index contributed by atoms with van der Waals surface area (Å²) in [4.78, 5) is 0. The van der Waals surface area contributed by atoms with Crippen LogP contribution in [-0.4, -0.2) is 39.7 Å². The summed E-state index contributed by atoms with van der Waals surface area (Å²) < 4.78 is 20.7. The van der Waals surface area contributed by atoms with Gasteiger partial charge in [0.05, 0.1) is 13.2 Å². The van der Waals surface area contributed by atoms with E-state index in [0.29, 0.717) is 13.2 Å². The number of methoxy groups -OCH3 is 2. The van der Waals surface area contributed by atoms with Crippen LogP contribution >= 0.6 is 0 Å². The lowest BCUT2D eigenvalue weighted by Crippen LogP contribution is -2.46. The van der Waals surface area contributed by atoms with E-state index in [0.717, 1.165) is 22.1 Å². The predicted molar refractivity (Wildman–Crippen MR) is 93.5 cm³/mol. The third-order valence-corrected chi connectivity index (χ3v) is 3.62. The Morgan fingerprint density at radius 1 is 0.750 bits per heavy atom. The van der Waals surface area contributed by atoms with Gasteiger partial charge in [-0.3, -0.25) is 0 Å². The first-order valence-corrected chi connectivity index (χ1v) is 7.75. The maximum atomic E-state index is 10.9. The quantitative estimate of drug-likeness (QED) is 0.401. The Morgan fingerprint density at radius 2 is 1.17 bits per heavy atom. The number of benzene rings is 2. The molecule has 0 heterocycles. The SMILES string of the molecule is COCOCc1ccccc1B(O)c1ccccc1COCOC. The smallest absolute Gasteiger partial charge is 0.359 e. The highest BCUT2D eigenvalue weighted by Crippen LogP contribution is 2.05. The molecule has 0 spiro atoms. The highest BCUT2D eigenvalue weighted by atomic mass is 16.7. The molecule has 0 atom stereocenters. The molecule has 0 aromatic heterocycles. The third-order valence-electron chi connectivity index (χ3n) is 3.62. The molecule has 5 nitrogen and oxygen atoms in total. The topological polar surface area (TPSA) is 57.2 Å². The minimum Gasteiger partial charge on any atom is -0.443 e. The zero-order valence-corrected chi connectivity index (χ0v) is 14.1. The maximum absolute atomic E-state index is 10.9. The van der Waals surface area contributed by atoms with Crippen LogP contribution in [0.25, 0.3) is 0 Å². The Labute approximate surface area is 143 Å². The van der Waals surface area contributed by atoms with E-state index in [-0.39, 0.29) is 13.6 Å². The van der Waals surface area contributed by atoms with Gasteiger partial charge < -0.3 is 24.0 Å². The highest BCUT2D eigenvalue weighted by Gasteiger charge is 2.22. The van der Waals surface area contributed by atoms with E-state index in [2.05, 4.69) is 0 Å². The lowest BCUT2D eigenvalue weighted by atomic mass is 9.53. The number of ether oxygens (including phenoxy) is 4. The van der Waals surface area contributed by atoms with Crippen molar-refractivity contribution in [2.75, 3.05) is 27.8 Å². The Hall–Kier alpha value is -1.70. The first kappa shape index (κ1) is 18.6. The van der Waals surface area contributed by atoms with Crippen molar-refractivity contribution in [3.63, 3.8) is 0 Å². The van der Waals surface area contributed by atoms with Crippen LogP contribution in [-0.2, 0) is 32.2 Å². The fourth-order valence-electron chi connectivity index (χ4n) is 2.50. The summed E-state index contributed by atoms with van der Waals surface area (Å²) in [6.45, 7) is 0.430. The molecule has 0 saturated carbocycles. The first-order chi connectivity index (χ1) is 11.8. The summed E-state index contributed by atoms with van der Waals surface area (Å²) in [5.74, 6) is 0. The van der Waals surface area contributed by atoms with E-state index in [1.807, 2.05) is 48.5 Å². The number of rotatable bonds is 10. The summed E-state index contributed by atoms with van der Waals surface area (Å²) >= 11 is 0. The molecule has 0 aliphatic carbocycles. The van der Waals surface area contributed by atoms with E-state index < -0.39 is 6.92 Å². The van der Waals surface area contributed by atoms with Crippen LogP contribution in [0.2, 0.25) is 0 Å². The average molecular weight is 330 g/mol. The summed E-state index contributed by atoms with van der Waals surface area (Å²) in [5, 5.41) is 10.9. The molecule has 2 aromatic carbocycles. The Kier molecular flexibility index (Phi) is 7.94. The van der Waals surface area contributed by atoms with Crippen molar-refractivity contribution in [3.05, 3.63) is 59.7 Å². The second kappa shape index (κ2) is 10.2. The van der Waals surface area contributed by atoms with Gasteiger partial charge in [0.25, 0.3) is 0 Å². The second-order valence-corrected chi connectivity index (χ2v) is 5.31. The van der Waals surface area contributed by atoms with Gasteiger partial charge in [-0.05, 0) is 22.1 Å². The average Bonchev–Trinajstić information content (AvgIpc) is 2.62. The number of hydrogen-bond donors (Lipinski definition) is 1. The van der Waals surface area contributed by atoms with Crippen molar-refractivity contribution < 1.29 is 24.0 Å². The zero-order valence-electron chi connectivity index (χ0n) is 14.1. The number of hydrogen-bond acceptors (Lipinski definition) is 5. The fourth-order valence-corrected chi connectivity index (χ4v) is 2.50. The Balaban J connectivity index is 2.21. The van der Waals surface area contributed by atoms with E-state index in [4.69, 9.17) is 18.9 Å². The van der Waals surface area contributed by atoms with Gasteiger partial charge in [-0.25, -0.2) is 0 Å². The molecule has 0 saturated heterocycles. The minimum absolute atomic E-state index is 0.214. The van der Waals surface area contributed by atoms with E-state index >= 15 is 0 Å². The van der Waals surface area contributed by atoms with Crippen molar-refractivity contribution in [3.8, 4) is 0 Å². The van der Waals surface area contributed by atoms with Crippen LogP contribution in [0.15, 0.2) is 48.5 Å². The molecule has 0 aliphatic rings. The highest BCUT2D eigenvalue weighted by molar-refractivity contribution is 6.79. The molecule has 0 unspecified atom stereocenters. The fraction of sp³-hybridized carbons (Fsp3) is 0.333. The lowest BCUT2D eigenvalue weighted by Gasteiger charge is -2.16. The molecule has 0 amide bonds. The van der Waals surface area contributed by atoms with Crippen molar-refractivity contribution in [2.45, 2.75) is 13.2 Å².